The van der Waals surface area contributed by atoms with Crippen molar-refractivity contribution in [1.29, 1.82) is 0 Å². The fourth-order valence-electron chi connectivity index (χ4n) is 14.3. The number of unbranched alkanes of at least 4 members (excludes halogenated alkanes) is 24. The molecule has 2 unspecified atom stereocenters. The average molecular weight is 1160 g/mol. The molecule has 4 nitrogen and oxygen atoms in total. The Balaban J connectivity index is 1.07. The summed E-state index contributed by atoms with van der Waals surface area (Å²) in [4.78, 5) is 36.2. The van der Waals surface area contributed by atoms with Crippen LogP contribution in [0.3, 0.4) is 0 Å². The van der Waals surface area contributed by atoms with Gasteiger partial charge in [-0.15, -0.1) is 11.3 Å². The van der Waals surface area contributed by atoms with Crippen LogP contribution in [0.25, 0.3) is 64.2 Å². The zero-order chi connectivity index (χ0) is 59.3. The summed E-state index contributed by atoms with van der Waals surface area (Å²) in [5.74, 6) is 0.772. The molecule has 0 aliphatic carbocycles. The van der Waals surface area contributed by atoms with Crippen LogP contribution >= 0.6 is 11.3 Å². The van der Waals surface area contributed by atoms with Crippen molar-refractivity contribution in [1.82, 2.24) is 9.80 Å². The fraction of sp³-hybridized carbons (Fsp3) is 0.525. The van der Waals surface area contributed by atoms with Gasteiger partial charge in [-0.3, -0.25) is 9.59 Å². The predicted octanol–water partition coefficient (Wildman–Crippen LogP) is 24.2. The first-order chi connectivity index (χ1) is 41.7. The van der Waals surface area contributed by atoms with E-state index in [1.165, 1.54) is 238 Å². The maximum Gasteiger partial charge on any atom is 0.261 e. The van der Waals surface area contributed by atoms with Gasteiger partial charge in [-0.05, 0) is 101 Å². The Morgan fingerprint density at radius 2 is 0.647 bits per heavy atom. The molecule has 2 aliphatic heterocycles. The number of amides is 2. The summed E-state index contributed by atoms with van der Waals surface area (Å²) >= 11 is 1.92. The molecule has 85 heavy (non-hydrogen) atoms. The van der Waals surface area contributed by atoms with E-state index >= 15 is 9.59 Å². The molecular weight excluding hydrogens is 1050 g/mol. The van der Waals surface area contributed by atoms with Gasteiger partial charge in [0.1, 0.15) is 0 Å². The van der Waals surface area contributed by atoms with Gasteiger partial charge in [0, 0.05) is 33.3 Å². The predicted molar refractivity (Wildman–Crippen MR) is 370 cm³/mol. The number of fused-ring (bicyclic) bond motifs is 8. The molecule has 0 bridgehead atoms. The number of nitrogens with zero attached hydrogens (tertiary/aromatic N) is 2. The second-order valence-corrected chi connectivity index (χ2v) is 27.3. The summed E-state index contributed by atoms with van der Waals surface area (Å²) < 4.78 is 2.70. The molecule has 7 aromatic rings. The molecule has 5 heteroatoms. The number of aryl methyl sites for hydroxylation is 2. The first-order valence-electron chi connectivity index (χ1n) is 34.8. The highest BCUT2D eigenvalue weighted by atomic mass is 32.1. The van der Waals surface area contributed by atoms with Crippen molar-refractivity contribution in [2.24, 2.45) is 11.8 Å². The van der Waals surface area contributed by atoms with Crippen molar-refractivity contribution in [3.8, 4) is 11.1 Å². The number of carbonyl (C=O) groups is 2. The second kappa shape index (κ2) is 33.0. The van der Waals surface area contributed by atoms with Crippen molar-refractivity contribution in [2.45, 2.75) is 247 Å². The minimum Gasteiger partial charge on any atom is -0.307 e. The molecule has 9 rings (SSSR count). The monoisotopic (exact) mass is 1160 g/mol. The van der Waals surface area contributed by atoms with Gasteiger partial charge >= 0.3 is 0 Å². The number of hydrogen-bond acceptors (Lipinski definition) is 3. The van der Waals surface area contributed by atoms with E-state index < -0.39 is 0 Å². The molecular formula is C80H106N2O2S. The van der Waals surface area contributed by atoms with Crippen molar-refractivity contribution in [3.05, 3.63) is 143 Å². The van der Waals surface area contributed by atoms with Gasteiger partial charge in [0.2, 0.25) is 0 Å². The highest BCUT2D eigenvalue weighted by Crippen LogP contribution is 2.49. The van der Waals surface area contributed by atoms with E-state index in [-0.39, 0.29) is 11.8 Å². The van der Waals surface area contributed by atoms with Crippen molar-refractivity contribution >= 4 is 76.3 Å². The number of benzene rings is 6. The normalized spacial score (nSPS) is 14.5. The summed E-state index contributed by atoms with van der Waals surface area (Å²) in [6.07, 6.45) is 40.4. The van der Waals surface area contributed by atoms with Crippen molar-refractivity contribution in [3.63, 3.8) is 0 Å². The Hall–Kier alpha value is -5.52. The van der Waals surface area contributed by atoms with Gasteiger partial charge in [-0.2, -0.15) is 0 Å². The van der Waals surface area contributed by atoms with E-state index in [2.05, 4.69) is 161 Å². The third kappa shape index (κ3) is 16.6. The maximum atomic E-state index is 16.0. The highest BCUT2D eigenvalue weighted by Gasteiger charge is 2.49. The van der Waals surface area contributed by atoms with E-state index in [0.717, 1.165) is 53.8 Å². The molecule has 3 heterocycles. The topological polar surface area (TPSA) is 40.6 Å². The molecule has 454 valence electrons. The molecule has 1 aromatic heterocycles. The zero-order valence-corrected chi connectivity index (χ0v) is 54.5. The fourth-order valence-corrected chi connectivity index (χ4v) is 15.6. The molecule has 0 radical (unpaired) electrons. The average Bonchev–Trinajstić information content (AvgIpc) is 1.63. The lowest BCUT2D eigenvalue weighted by Crippen LogP contribution is -2.35. The van der Waals surface area contributed by atoms with E-state index in [1.54, 1.807) is 0 Å². The van der Waals surface area contributed by atoms with Crippen molar-refractivity contribution in [2.75, 3.05) is 13.1 Å². The first kappa shape index (κ1) is 64.0. The quantitative estimate of drug-likeness (QED) is 0.0360. The van der Waals surface area contributed by atoms with Crippen LogP contribution in [0.2, 0.25) is 0 Å². The summed E-state index contributed by atoms with van der Waals surface area (Å²) in [5, 5.41) is 7.79. The van der Waals surface area contributed by atoms with E-state index in [1.807, 2.05) is 11.3 Å². The molecule has 0 spiro atoms. The lowest BCUT2D eigenvalue weighted by Gasteiger charge is -2.30. The molecule has 0 saturated carbocycles. The number of hydrogen-bond donors (Lipinski definition) is 0. The lowest BCUT2D eigenvalue weighted by molar-refractivity contribution is -0.124. The van der Waals surface area contributed by atoms with Crippen LogP contribution in [0, 0.1) is 25.7 Å². The van der Waals surface area contributed by atoms with Crippen molar-refractivity contribution < 1.29 is 9.59 Å². The SMILES string of the molecule is CCCCCCCCCCC(CCCCCCCC)CN1C(=O)C2=C(c3ccc(-c4ccc5c(ccc6c7ccc8cc(C)ccc8c7sc56)c4)cc3)N(CC(CCCCCCCC)CCCCCCCCCC)C(=O)C2=C1c1ccc(C)cc1. The van der Waals surface area contributed by atoms with Gasteiger partial charge in [0.25, 0.3) is 11.8 Å². The van der Waals surface area contributed by atoms with Crippen LogP contribution in [-0.2, 0) is 9.59 Å². The largest absolute Gasteiger partial charge is 0.307 e. The van der Waals surface area contributed by atoms with E-state index in [0.29, 0.717) is 36.1 Å². The van der Waals surface area contributed by atoms with Crippen LogP contribution in [-0.4, -0.2) is 34.7 Å². The molecule has 0 N–H and O–H groups in total. The van der Waals surface area contributed by atoms with E-state index in [4.69, 9.17) is 0 Å². The lowest BCUT2D eigenvalue weighted by atomic mass is 9.92. The molecule has 6 aromatic carbocycles. The first-order valence-corrected chi connectivity index (χ1v) is 35.6. The number of thiophene rings is 1. The smallest absolute Gasteiger partial charge is 0.261 e. The van der Waals surface area contributed by atoms with Gasteiger partial charge < -0.3 is 9.80 Å². The summed E-state index contributed by atoms with van der Waals surface area (Å²) in [6, 6.07) is 40.6. The summed E-state index contributed by atoms with van der Waals surface area (Å²) in [6.45, 7) is 14.8. The molecule has 2 aliphatic rings. The highest BCUT2D eigenvalue weighted by molar-refractivity contribution is 7.27. The molecule has 2 amide bonds. The number of rotatable bonds is 39. The summed E-state index contributed by atoms with van der Waals surface area (Å²) in [7, 11) is 0. The minimum absolute atomic E-state index is 0.0186. The Morgan fingerprint density at radius 1 is 0.329 bits per heavy atom. The summed E-state index contributed by atoms with van der Waals surface area (Å²) in [5.41, 5.74) is 9.65. The Bertz CT molecular complexity index is 3320. The Morgan fingerprint density at radius 3 is 1.06 bits per heavy atom. The minimum atomic E-state index is 0.0186. The van der Waals surface area contributed by atoms with Gasteiger partial charge in [-0.25, -0.2) is 0 Å². The van der Waals surface area contributed by atoms with Gasteiger partial charge in [0.05, 0.1) is 22.5 Å². The second-order valence-electron chi connectivity index (χ2n) is 26.2. The standard InChI is InChI=1S/C80H106N2O2S/c1-7-11-15-19-23-25-29-33-37-61(35-31-27-21-17-13-9-3)57-81-75(64-42-39-59(5)40-43-64)73-74(80(81)84)76(82(79(73)83)58-62(36-32-28-22-18-14-10-4)38-34-30-26-24-20-16-12-8-2)65-46-44-63(45-47-65)66-48-52-70-68(56-66)50-54-72-71-53-49-67-55-60(6)41-51-69(67)77(71)85-78(70)72/h39-56,61-62H,7-38,57-58H2,1-6H3. The Kier molecular flexibility index (Phi) is 24.8. The van der Waals surface area contributed by atoms with Crippen LogP contribution in [0.15, 0.2) is 120 Å². The Labute approximate surface area is 518 Å². The van der Waals surface area contributed by atoms with E-state index in [9.17, 15) is 0 Å². The van der Waals surface area contributed by atoms with Gasteiger partial charge in [0.15, 0.2) is 0 Å². The van der Waals surface area contributed by atoms with Crippen LogP contribution in [0.4, 0.5) is 0 Å². The van der Waals surface area contributed by atoms with Crippen LogP contribution < -0.4 is 0 Å². The van der Waals surface area contributed by atoms with Crippen LogP contribution in [0.5, 0.6) is 0 Å². The third-order valence-corrected chi connectivity index (χ3v) is 20.6. The zero-order valence-electron chi connectivity index (χ0n) is 53.7. The number of carbonyl (C=O) groups excluding carboxylic acids is 2. The molecule has 0 fully saturated rings. The maximum absolute atomic E-state index is 16.0. The molecule has 0 saturated heterocycles. The molecule has 2 atom stereocenters. The third-order valence-electron chi connectivity index (χ3n) is 19.3. The van der Waals surface area contributed by atoms with Crippen LogP contribution in [0.1, 0.15) is 255 Å². The van der Waals surface area contributed by atoms with Gasteiger partial charge in [-0.1, -0.05) is 322 Å².